The van der Waals surface area contributed by atoms with Crippen LogP contribution in [0.2, 0.25) is 0 Å². The Labute approximate surface area is 68.6 Å². The zero-order valence-electron chi connectivity index (χ0n) is 6.00. The largest absolute Gasteiger partial charge is 0.396 e. The fourth-order valence-electron chi connectivity index (χ4n) is 0.633. The van der Waals surface area contributed by atoms with Crippen LogP contribution < -0.4 is 5.73 Å². The number of halogens is 1. The Hall–Kier alpha value is -2.07. The molecule has 0 aromatic carbocycles. The molecule has 0 aliphatic carbocycles. The van der Waals surface area contributed by atoms with E-state index in [1.165, 1.54) is 6.07 Å². The van der Waals surface area contributed by atoms with Crippen molar-refractivity contribution in [2.75, 3.05) is 5.73 Å². The summed E-state index contributed by atoms with van der Waals surface area (Å²) in [5, 5.41) is 8.10. The first kappa shape index (κ1) is 8.03. The van der Waals surface area contributed by atoms with Gasteiger partial charge in [0.1, 0.15) is 5.69 Å². The van der Waals surface area contributed by atoms with Gasteiger partial charge >= 0.3 is 0 Å². The summed E-state index contributed by atoms with van der Waals surface area (Å²) in [5.74, 6) is 3.73. The molecule has 0 aliphatic rings. The van der Waals surface area contributed by atoms with Crippen LogP contribution in [0.4, 0.5) is 10.1 Å². The van der Waals surface area contributed by atoms with Gasteiger partial charge in [-0.1, -0.05) is 0 Å². The van der Waals surface area contributed by atoms with E-state index < -0.39 is 5.95 Å². The summed E-state index contributed by atoms with van der Waals surface area (Å²) in [6.07, 6.45) is 0. The highest BCUT2D eigenvalue weighted by molar-refractivity contribution is 5.52. The molecule has 1 rings (SSSR count). The van der Waals surface area contributed by atoms with Gasteiger partial charge in [0.25, 0.3) is 0 Å². The molecule has 2 N–H and O–H groups in total. The van der Waals surface area contributed by atoms with Crippen molar-refractivity contribution in [3.05, 3.63) is 23.8 Å². The Morgan fingerprint density at radius 2 is 2.25 bits per heavy atom. The van der Waals surface area contributed by atoms with Crippen LogP contribution in [-0.2, 0) is 0 Å². The molecule has 1 heterocycles. The van der Waals surface area contributed by atoms with Crippen LogP contribution in [0.3, 0.4) is 0 Å². The Balaban J connectivity index is 3.16. The first-order valence-electron chi connectivity index (χ1n) is 3.06. The van der Waals surface area contributed by atoms with E-state index in [2.05, 4.69) is 16.8 Å². The summed E-state index contributed by atoms with van der Waals surface area (Å²) >= 11 is 0. The van der Waals surface area contributed by atoms with Gasteiger partial charge in [-0.05, 0) is 18.1 Å². The average Bonchev–Trinajstić information content (AvgIpc) is 2.07. The van der Waals surface area contributed by atoms with E-state index in [1.807, 2.05) is 0 Å². The molecule has 0 bridgehead atoms. The second-order valence-corrected chi connectivity index (χ2v) is 1.93. The minimum atomic E-state index is -0.661. The Kier molecular flexibility index (Phi) is 2.25. The van der Waals surface area contributed by atoms with Gasteiger partial charge in [0.2, 0.25) is 5.95 Å². The van der Waals surface area contributed by atoms with Crippen molar-refractivity contribution in [2.24, 2.45) is 0 Å². The molecule has 0 aliphatic heterocycles. The lowest BCUT2D eigenvalue weighted by atomic mass is 10.3. The van der Waals surface area contributed by atoms with Gasteiger partial charge in [0.05, 0.1) is 5.69 Å². The number of rotatable bonds is 0. The summed E-state index contributed by atoms with van der Waals surface area (Å²) in [4.78, 5) is 3.39. The predicted octanol–water partition coefficient (Wildman–Crippen LogP) is 0.678. The monoisotopic (exact) mass is 161 g/mol. The van der Waals surface area contributed by atoms with Crippen LogP contribution in [0.1, 0.15) is 5.69 Å². The average molecular weight is 161 g/mol. The van der Waals surface area contributed by atoms with Crippen molar-refractivity contribution < 1.29 is 4.39 Å². The van der Waals surface area contributed by atoms with Crippen molar-refractivity contribution in [3.63, 3.8) is 0 Å². The molecule has 1 aromatic heterocycles. The lowest BCUT2D eigenvalue weighted by Gasteiger charge is -1.94. The van der Waals surface area contributed by atoms with Gasteiger partial charge in [-0.3, -0.25) is 0 Å². The number of hydrogen-bond donors (Lipinski definition) is 1. The van der Waals surface area contributed by atoms with Crippen LogP contribution in [0.5, 0.6) is 0 Å². The third-order valence-electron chi connectivity index (χ3n) is 1.13. The van der Waals surface area contributed by atoms with Crippen molar-refractivity contribution in [3.8, 4) is 17.9 Å². The van der Waals surface area contributed by atoms with E-state index in [1.54, 1.807) is 6.07 Å². The molecule has 0 amide bonds. The van der Waals surface area contributed by atoms with Crippen LogP contribution in [0.15, 0.2) is 12.1 Å². The van der Waals surface area contributed by atoms with E-state index in [4.69, 9.17) is 11.0 Å². The molecule has 0 unspecified atom stereocenters. The molecule has 0 radical (unpaired) electrons. The van der Waals surface area contributed by atoms with E-state index in [0.717, 1.165) is 6.07 Å². The third kappa shape index (κ3) is 1.71. The van der Waals surface area contributed by atoms with Gasteiger partial charge < -0.3 is 5.73 Å². The molecule has 58 valence electrons. The number of nitrogens with zero attached hydrogens (tertiary/aromatic N) is 2. The minimum absolute atomic E-state index is 0.0940. The molecule has 1 aromatic rings. The molecule has 3 nitrogen and oxygen atoms in total. The van der Waals surface area contributed by atoms with Crippen LogP contribution in [0, 0.1) is 29.1 Å². The molecule has 0 spiro atoms. The van der Waals surface area contributed by atoms with E-state index in [9.17, 15) is 4.39 Å². The lowest BCUT2D eigenvalue weighted by molar-refractivity contribution is 0.583. The third-order valence-corrected chi connectivity index (χ3v) is 1.13. The fraction of sp³-hybridized carbons (Fsp3) is 0. The number of aromatic nitrogens is 1. The van der Waals surface area contributed by atoms with Gasteiger partial charge in [-0.2, -0.15) is 9.65 Å². The second-order valence-electron chi connectivity index (χ2n) is 1.93. The smallest absolute Gasteiger partial charge is 0.214 e. The summed E-state index contributed by atoms with van der Waals surface area (Å²) in [6.45, 7) is 0. The van der Waals surface area contributed by atoms with Crippen molar-refractivity contribution >= 4 is 5.69 Å². The van der Waals surface area contributed by atoms with Gasteiger partial charge in [0, 0.05) is 5.92 Å². The Morgan fingerprint density at radius 3 is 2.92 bits per heavy atom. The molecule has 0 saturated heterocycles. The summed E-state index contributed by atoms with van der Waals surface area (Å²) in [7, 11) is 0. The van der Waals surface area contributed by atoms with Gasteiger partial charge in [0.15, 0.2) is 6.07 Å². The first-order valence-corrected chi connectivity index (χ1v) is 3.06. The normalized spacial score (nSPS) is 8.00. The zero-order chi connectivity index (χ0) is 8.97. The highest BCUT2D eigenvalue weighted by atomic mass is 19.1. The lowest BCUT2D eigenvalue weighted by Crippen LogP contribution is -1.95. The van der Waals surface area contributed by atoms with Gasteiger partial charge in [-0.15, -0.1) is 0 Å². The summed E-state index contributed by atoms with van der Waals surface area (Å²) in [5.41, 5.74) is 5.75. The molecule has 4 heteroatoms. The first-order chi connectivity index (χ1) is 5.74. The maximum absolute atomic E-state index is 12.5. The zero-order valence-corrected chi connectivity index (χ0v) is 6.00. The standard InChI is InChI=1S/C8H4FN3/c9-8-4-3-6(11)7(12-8)2-1-5-10/h3-4H,11H2. The molecular weight excluding hydrogens is 157 g/mol. The van der Waals surface area contributed by atoms with E-state index in [0.29, 0.717) is 0 Å². The SMILES string of the molecule is N#CC#Cc1nc(F)ccc1N. The van der Waals surface area contributed by atoms with E-state index in [-0.39, 0.29) is 11.4 Å². The second kappa shape index (κ2) is 3.36. The van der Waals surface area contributed by atoms with Crippen molar-refractivity contribution in [1.82, 2.24) is 4.98 Å². The van der Waals surface area contributed by atoms with Crippen LogP contribution >= 0.6 is 0 Å². The van der Waals surface area contributed by atoms with Crippen LogP contribution in [-0.4, -0.2) is 4.98 Å². The number of nitrogen functional groups attached to an aromatic ring is 1. The summed E-state index contributed by atoms with van der Waals surface area (Å²) in [6, 6.07) is 4.07. The Morgan fingerprint density at radius 1 is 1.50 bits per heavy atom. The summed E-state index contributed by atoms with van der Waals surface area (Å²) < 4.78 is 12.5. The number of anilines is 1. The molecule has 0 fully saturated rings. The van der Waals surface area contributed by atoms with Gasteiger partial charge in [-0.25, -0.2) is 4.98 Å². The number of hydrogen-bond acceptors (Lipinski definition) is 3. The number of pyridine rings is 1. The quantitative estimate of drug-likeness (QED) is 0.449. The maximum atomic E-state index is 12.5. The van der Waals surface area contributed by atoms with Crippen LogP contribution in [0.25, 0.3) is 0 Å². The molecular formula is C8H4FN3. The molecule has 0 saturated carbocycles. The minimum Gasteiger partial charge on any atom is -0.396 e. The van der Waals surface area contributed by atoms with Crippen molar-refractivity contribution in [2.45, 2.75) is 0 Å². The number of nitriles is 1. The Bertz CT molecular complexity index is 395. The topological polar surface area (TPSA) is 62.7 Å². The van der Waals surface area contributed by atoms with E-state index >= 15 is 0 Å². The molecule has 0 atom stereocenters. The molecule has 12 heavy (non-hydrogen) atoms. The van der Waals surface area contributed by atoms with Crippen molar-refractivity contribution in [1.29, 1.82) is 5.26 Å². The predicted molar refractivity (Wildman–Crippen MR) is 41.1 cm³/mol. The number of nitrogens with two attached hydrogens (primary N) is 1. The highest BCUT2D eigenvalue weighted by Crippen LogP contribution is 2.06. The highest BCUT2D eigenvalue weighted by Gasteiger charge is 1.98. The fourth-order valence-corrected chi connectivity index (χ4v) is 0.633. The maximum Gasteiger partial charge on any atom is 0.214 e.